The summed E-state index contributed by atoms with van der Waals surface area (Å²) in [6.45, 7) is 3.79. The van der Waals surface area contributed by atoms with Crippen molar-refractivity contribution in [2.75, 3.05) is 25.1 Å². The zero-order valence-electron chi connectivity index (χ0n) is 11.1. The smallest absolute Gasteiger partial charge is 0.293 e. The minimum atomic E-state index is -0.530. The first-order valence-corrected chi connectivity index (χ1v) is 6.77. The van der Waals surface area contributed by atoms with Gasteiger partial charge in [0.1, 0.15) is 0 Å². The SMILES string of the molecule is CC1(CCNc2nccn(C3CC3)c2=O)OCCO1. The topological polar surface area (TPSA) is 65.4 Å². The van der Waals surface area contributed by atoms with Crippen molar-refractivity contribution in [2.24, 2.45) is 0 Å². The molecule has 6 nitrogen and oxygen atoms in total. The Morgan fingerprint density at radius 2 is 2.21 bits per heavy atom. The van der Waals surface area contributed by atoms with Gasteiger partial charge in [-0.1, -0.05) is 0 Å². The fourth-order valence-electron chi connectivity index (χ4n) is 2.30. The highest BCUT2D eigenvalue weighted by molar-refractivity contribution is 5.31. The molecular weight excluding hydrogens is 246 g/mol. The largest absolute Gasteiger partial charge is 0.365 e. The maximum Gasteiger partial charge on any atom is 0.293 e. The zero-order valence-corrected chi connectivity index (χ0v) is 11.1. The third-order valence-corrected chi connectivity index (χ3v) is 3.58. The van der Waals surface area contributed by atoms with E-state index in [9.17, 15) is 4.79 Å². The number of hydrogen-bond acceptors (Lipinski definition) is 5. The lowest BCUT2D eigenvalue weighted by Crippen LogP contribution is -2.30. The lowest BCUT2D eigenvalue weighted by molar-refractivity contribution is -0.144. The van der Waals surface area contributed by atoms with Crippen LogP contribution in [0.4, 0.5) is 5.82 Å². The molecule has 1 aliphatic heterocycles. The van der Waals surface area contributed by atoms with Crippen molar-refractivity contribution in [1.82, 2.24) is 9.55 Å². The molecule has 2 fully saturated rings. The van der Waals surface area contributed by atoms with E-state index in [0.29, 0.717) is 38.0 Å². The van der Waals surface area contributed by atoms with Crippen molar-refractivity contribution < 1.29 is 9.47 Å². The number of hydrogen-bond donors (Lipinski definition) is 1. The highest BCUT2D eigenvalue weighted by Crippen LogP contribution is 2.33. The molecule has 19 heavy (non-hydrogen) atoms. The number of nitrogens with zero attached hydrogens (tertiary/aromatic N) is 2. The first kappa shape index (κ1) is 12.6. The second-order valence-electron chi connectivity index (χ2n) is 5.23. The fourth-order valence-corrected chi connectivity index (χ4v) is 2.30. The van der Waals surface area contributed by atoms with Crippen LogP contribution in [-0.4, -0.2) is 35.1 Å². The van der Waals surface area contributed by atoms with Gasteiger partial charge in [-0.05, 0) is 19.8 Å². The van der Waals surface area contributed by atoms with Crippen LogP contribution in [-0.2, 0) is 9.47 Å². The van der Waals surface area contributed by atoms with E-state index in [-0.39, 0.29) is 5.56 Å². The van der Waals surface area contributed by atoms with Crippen LogP contribution < -0.4 is 10.9 Å². The Labute approximate surface area is 111 Å². The van der Waals surface area contributed by atoms with E-state index in [1.54, 1.807) is 17.0 Å². The van der Waals surface area contributed by atoms with Gasteiger partial charge in [-0.25, -0.2) is 4.98 Å². The Hall–Kier alpha value is -1.40. The van der Waals surface area contributed by atoms with Crippen LogP contribution >= 0.6 is 0 Å². The predicted octanol–water partition coefficient (Wildman–Crippen LogP) is 1.14. The molecule has 0 bridgehead atoms. The van der Waals surface area contributed by atoms with E-state index in [1.807, 2.05) is 6.92 Å². The van der Waals surface area contributed by atoms with Crippen molar-refractivity contribution in [3.05, 3.63) is 22.7 Å². The maximum atomic E-state index is 12.1. The first-order chi connectivity index (χ1) is 9.18. The molecule has 0 aromatic carbocycles. The van der Waals surface area contributed by atoms with E-state index in [1.165, 1.54) is 0 Å². The molecular formula is C13H19N3O3. The number of aromatic nitrogens is 2. The predicted molar refractivity (Wildman–Crippen MR) is 70.2 cm³/mol. The molecule has 1 aromatic heterocycles. The minimum Gasteiger partial charge on any atom is -0.365 e. The van der Waals surface area contributed by atoms with Gasteiger partial charge in [-0.15, -0.1) is 0 Å². The summed E-state index contributed by atoms with van der Waals surface area (Å²) in [5.41, 5.74) is -0.0385. The van der Waals surface area contributed by atoms with Gasteiger partial charge in [0.25, 0.3) is 5.56 Å². The van der Waals surface area contributed by atoms with Crippen molar-refractivity contribution in [3.8, 4) is 0 Å². The zero-order chi connectivity index (χ0) is 13.3. The van der Waals surface area contributed by atoms with Crippen LogP contribution in [0.5, 0.6) is 0 Å². The van der Waals surface area contributed by atoms with Crippen LogP contribution in [0.25, 0.3) is 0 Å². The highest BCUT2D eigenvalue weighted by Gasteiger charge is 2.30. The molecule has 2 aliphatic rings. The summed E-state index contributed by atoms with van der Waals surface area (Å²) in [5, 5.41) is 3.08. The summed E-state index contributed by atoms with van der Waals surface area (Å²) in [5.74, 6) is -0.118. The van der Waals surface area contributed by atoms with Gasteiger partial charge in [-0.3, -0.25) is 4.79 Å². The fraction of sp³-hybridized carbons (Fsp3) is 0.692. The molecule has 0 radical (unpaired) electrons. The van der Waals surface area contributed by atoms with Crippen LogP contribution in [0.3, 0.4) is 0 Å². The quantitative estimate of drug-likeness (QED) is 0.865. The Morgan fingerprint density at radius 3 is 2.89 bits per heavy atom. The highest BCUT2D eigenvalue weighted by atomic mass is 16.7. The van der Waals surface area contributed by atoms with Crippen molar-refractivity contribution in [2.45, 2.75) is 38.0 Å². The number of nitrogens with one attached hydrogen (secondary N) is 1. The maximum absolute atomic E-state index is 12.1. The van der Waals surface area contributed by atoms with Gasteiger partial charge in [-0.2, -0.15) is 0 Å². The third-order valence-electron chi connectivity index (χ3n) is 3.58. The van der Waals surface area contributed by atoms with Crippen molar-refractivity contribution >= 4 is 5.82 Å². The van der Waals surface area contributed by atoms with E-state index in [4.69, 9.17) is 9.47 Å². The first-order valence-electron chi connectivity index (χ1n) is 6.77. The molecule has 1 aromatic rings. The lowest BCUT2D eigenvalue weighted by Gasteiger charge is -2.22. The standard InChI is InChI=1S/C13H19N3O3/c1-13(18-8-9-19-13)4-5-14-11-12(17)16(7-6-15-11)10-2-3-10/h6-7,10H,2-5,8-9H2,1H3,(H,14,15). The Morgan fingerprint density at radius 1 is 1.47 bits per heavy atom. The second-order valence-corrected chi connectivity index (χ2v) is 5.23. The average molecular weight is 265 g/mol. The molecule has 1 saturated carbocycles. The summed E-state index contributed by atoms with van der Waals surface area (Å²) < 4.78 is 12.8. The van der Waals surface area contributed by atoms with Gasteiger partial charge in [0, 0.05) is 31.4 Å². The molecule has 1 aliphatic carbocycles. The van der Waals surface area contributed by atoms with Crippen LogP contribution in [0.15, 0.2) is 17.2 Å². The summed E-state index contributed by atoms with van der Waals surface area (Å²) in [4.78, 5) is 16.2. The summed E-state index contributed by atoms with van der Waals surface area (Å²) in [6.07, 6.45) is 6.29. The van der Waals surface area contributed by atoms with Gasteiger partial charge < -0.3 is 19.4 Å². The molecule has 0 atom stereocenters. The van der Waals surface area contributed by atoms with Gasteiger partial charge in [0.05, 0.1) is 13.2 Å². The summed E-state index contributed by atoms with van der Waals surface area (Å²) in [6, 6.07) is 0.370. The molecule has 6 heteroatoms. The minimum absolute atomic E-state index is 0.0385. The van der Waals surface area contributed by atoms with Crippen LogP contribution in [0.2, 0.25) is 0 Å². The Balaban J connectivity index is 1.60. The van der Waals surface area contributed by atoms with Gasteiger partial charge in [0.15, 0.2) is 11.6 Å². The third kappa shape index (κ3) is 2.79. The number of rotatable bonds is 5. The normalized spacial score (nSPS) is 21.5. The molecule has 0 spiro atoms. The van der Waals surface area contributed by atoms with Gasteiger partial charge in [0.2, 0.25) is 0 Å². The molecule has 1 saturated heterocycles. The molecule has 0 amide bonds. The summed E-state index contributed by atoms with van der Waals surface area (Å²) in [7, 11) is 0. The molecule has 0 unspecified atom stereocenters. The van der Waals surface area contributed by atoms with E-state index in [2.05, 4.69) is 10.3 Å². The molecule has 104 valence electrons. The average Bonchev–Trinajstić information content (AvgIpc) is 3.14. The van der Waals surface area contributed by atoms with Crippen LogP contribution in [0, 0.1) is 0 Å². The van der Waals surface area contributed by atoms with Crippen LogP contribution in [0.1, 0.15) is 32.2 Å². The number of ether oxygens (including phenoxy) is 2. The number of anilines is 1. The molecule has 2 heterocycles. The van der Waals surface area contributed by atoms with Gasteiger partial charge >= 0.3 is 0 Å². The monoisotopic (exact) mass is 265 g/mol. The van der Waals surface area contributed by atoms with E-state index < -0.39 is 5.79 Å². The van der Waals surface area contributed by atoms with E-state index in [0.717, 1.165) is 12.8 Å². The van der Waals surface area contributed by atoms with Crippen molar-refractivity contribution in [3.63, 3.8) is 0 Å². The lowest BCUT2D eigenvalue weighted by atomic mass is 10.2. The Kier molecular flexibility index (Phi) is 3.28. The molecule has 3 rings (SSSR count). The second kappa shape index (κ2) is 4.94. The Bertz CT molecular complexity index is 504. The molecule has 1 N–H and O–H groups in total. The van der Waals surface area contributed by atoms with Crippen molar-refractivity contribution in [1.29, 1.82) is 0 Å². The summed E-state index contributed by atoms with van der Waals surface area (Å²) >= 11 is 0. The van der Waals surface area contributed by atoms with E-state index >= 15 is 0 Å².